The lowest BCUT2D eigenvalue weighted by Gasteiger charge is -2.40. The highest BCUT2D eigenvalue weighted by molar-refractivity contribution is 5.96. The molecule has 0 aromatic heterocycles. The molecule has 3 fully saturated rings. The zero-order chi connectivity index (χ0) is 14.5. The van der Waals surface area contributed by atoms with Gasteiger partial charge in [0, 0.05) is 32.6 Å². The van der Waals surface area contributed by atoms with Crippen LogP contribution < -0.4 is 0 Å². The Bertz CT molecular complexity index is 482. The van der Waals surface area contributed by atoms with E-state index in [-0.39, 0.29) is 30.2 Å². The van der Waals surface area contributed by atoms with Crippen LogP contribution in [0.5, 0.6) is 0 Å². The molecule has 4 bridgehead atoms. The quantitative estimate of drug-likeness (QED) is 0.330. The van der Waals surface area contributed by atoms with Crippen LogP contribution in [0.2, 0.25) is 0 Å². The van der Waals surface area contributed by atoms with Gasteiger partial charge in [0.25, 0.3) is 0 Å². The summed E-state index contributed by atoms with van der Waals surface area (Å²) in [7, 11) is 0. The molecule has 0 radical (unpaired) electrons. The molecule has 2 heterocycles. The highest BCUT2D eigenvalue weighted by Crippen LogP contribution is 2.46. The van der Waals surface area contributed by atoms with Crippen LogP contribution in [0.4, 0.5) is 0 Å². The number of ketones is 1. The topological polar surface area (TPSA) is 78.9 Å². The molecule has 6 nitrogen and oxygen atoms in total. The molecule has 1 saturated carbocycles. The van der Waals surface area contributed by atoms with Crippen molar-refractivity contribution in [2.24, 2.45) is 5.92 Å². The van der Waals surface area contributed by atoms with Crippen LogP contribution in [0, 0.1) is 5.92 Å². The third-order valence-electron chi connectivity index (χ3n) is 4.17. The fourth-order valence-electron chi connectivity index (χ4n) is 3.31. The van der Waals surface area contributed by atoms with Gasteiger partial charge in [0.05, 0.1) is 0 Å². The Hall–Kier alpha value is -1.85. The predicted octanol–water partition coefficient (Wildman–Crippen LogP) is 0.885. The minimum atomic E-state index is -0.968. The second-order valence-electron chi connectivity index (χ2n) is 5.78. The van der Waals surface area contributed by atoms with Crippen LogP contribution in [0.15, 0.2) is 12.3 Å². The number of rotatable bonds is 3. The summed E-state index contributed by atoms with van der Waals surface area (Å²) in [5.74, 6) is -2.30. The fourth-order valence-corrected chi connectivity index (χ4v) is 3.31. The number of fused-ring (bicyclic) bond motifs is 3. The average Bonchev–Trinajstić information content (AvgIpc) is 2.49. The molecule has 3 aliphatic rings. The van der Waals surface area contributed by atoms with Gasteiger partial charge in [0.2, 0.25) is 0 Å². The maximum atomic E-state index is 11.9. The highest BCUT2D eigenvalue weighted by atomic mass is 16.6. The van der Waals surface area contributed by atoms with E-state index in [1.807, 2.05) is 0 Å². The lowest BCUT2D eigenvalue weighted by Crippen LogP contribution is -2.45. The van der Waals surface area contributed by atoms with Gasteiger partial charge in [-0.05, 0) is 0 Å². The van der Waals surface area contributed by atoms with Gasteiger partial charge >= 0.3 is 11.9 Å². The van der Waals surface area contributed by atoms with E-state index in [4.69, 9.17) is 14.2 Å². The van der Waals surface area contributed by atoms with Crippen molar-refractivity contribution < 1.29 is 28.6 Å². The zero-order valence-electron chi connectivity index (χ0n) is 11.2. The number of Topliss-reactive ketones (excluding diaryl/α,β-unsaturated/α-hetero) is 1. The summed E-state index contributed by atoms with van der Waals surface area (Å²) < 4.78 is 16.4. The Morgan fingerprint density at radius 3 is 2.25 bits per heavy atom. The molecule has 0 spiro atoms. The average molecular weight is 280 g/mol. The van der Waals surface area contributed by atoms with E-state index in [1.54, 1.807) is 0 Å². The number of carbonyl (C=O) groups is 3. The lowest BCUT2D eigenvalue weighted by atomic mass is 9.78. The molecule has 2 saturated heterocycles. The van der Waals surface area contributed by atoms with Gasteiger partial charge in [-0.3, -0.25) is 14.4 Å². The van der Waals surface area contributed by atoms with Gasteiger partial charge in [-0.2, -0.15) is 0 Å². The summed E-state index contributed by atoms with van der Waals surface area (Å²) in [5, 5.41) is 0. The molecular formula is C14H16O6. The van der Waals surface area contributed by atoms with Gasteiger partial charge in [-0.15, -0.1) is 0 Å². The summed E-state index contributed by atoms with van der Waals surface area (Å²) in [4.78, 5) is 35.2. The van der Waals surface area contributed by atoms with Crippen LogP contribution in [-0.2, 0) is 28.6 Å². The first-order valence-corrected chi connectivity index (χ1v) is 6.68. The maximum Gasteiger partial charge on any atom is 0.320 e. The molecule has 0 aromatic carbocycles. The highest BCUT2D eigenvalue weighted by Gasteiger charge is 2.56. The summed E-state index contributed by atoms with van der Waals surface area (Å²) in [5.41, 5.74) is -0.778. The lowest BCUT2D eigenvalue weighted by molar-refractivity contribution is -0.177. The normalized spacial score (nSPS) is 38.5. The van der Waals surface area contributed by atoms with Crippen LogP contribution in [0.25, 0.3) is 0 Å². The van der Waals surface area contributed by atoms with Gasteiger partial charge in [-0.25, -0.2) is 0 Å². The molecule has 6 heteroatoms. The van der Waals surface area contributed by atoms with Crippen LogP contribution in [0.3, 0.4) is 0 Å². The van der Waals surface area contributed by atoms with Gasteiger partial charge in [0.1, 0.15) is 17.8 Å². The molecule has 108 valence electrons. The predicted molar refractivity (Wildman–Crippen MR) is 65.4 cm³/mol. The molecule has 0 amide bonds. The van der Waals surface area contributed by atoms with E-state index in [0.717, 1.165) is 0 Å². The number of hydrogen-bond acceptors (Lipinski definition) is 6. The van der Waals surface area contributed by atoms with Crippen molar-refractivity contribution in [3.8, 4) is 0 Å². The first-order chi connectivity index (χ1) is 9.38. The summed E-state index contributed by atoms with van der Waals surface area (Å²) in [6.45, 7) is 4.98. The zero-order valence-corrected chi connectivity index (χ0v) is 11.2. The van der Waals surface area contributed by atoms with Gasteiger partial charge in [0.15, 0.2) is 17.5 Å². The standard InChI is InChI=1S/C14H16O6/c1-7(15)8(2)20-14-4-9-3-10(5-14)19-13(17)11(6-14)12(16)18-9/h9-11H,2-6H2,1H3. The SMILES string of the molecule is C=C(OC12CC3CC(C1)OC(=O)C(C2)C(=O)O3)C(C)=O. The smallest absolute Gasteiger partial charge is 0.320 e. The first-order valence-electron chi connectivity index (χ1n) is 6.68. The number of allylic oxidation sites excluding steroid dienone is 1. The van der Waals surface area contributed by atoms with Crippen molar-refractivity contribution in [3.05, 3.63) is 12.3 Å². The molecule has 3 rings (SSSR count). The van der Waals surface area contributed by atoms with Gasteiger partial charge in [-0.1, -0.05) is 6.58 Å². The molecule has 1 aliphatic carbocycles. The van der Waals surface area contributed by atoms with Crippen LogP contribution in [-0.4, -0.2) is 35.5 Å². The van der Waals surface area contributed by atoms with Gasteiger partial charge < -0.3 is 14.2 Å². The Morgan fingerprint density at radius 1 is 1.20 bits per heavy atom. The van der Waals surface area contributed by atoms with E-state index in [9.17, 15) is 14.4 Å². The second-order valence-corrected chi connectivity index (χ2v) is 5.78. The van der Waals surface area contributed by atoms with E-state index in [1.165, 1.54) is 6.92 Å². The first kappa shape index (κ1) is 13.1. The van der Waals surface area contributed by atoms with Crippen molar-refractivity contribution >= 4 is 17.7 Å². The minimum Gasteiger partial charge on any atom is -0.484 e. The monoisotopic (exact) mass is 280 g/mol. The van der Waals surface area contributed by atoms with Crippen molar-refractivity contribution in [3.63, 3.8) is 0 Å². The Labute approximate surface area is 116 Å². The molecular weight excluding hydrogens is 264 g/mol. The number of esters is 2. The largest absolute Gasteiger partial charge is 0.484 e. The van der Waals surface area contributed by atoms with E-state index in [0.29, 0.717) is 19.3 Å². The van der Waals surface area contributed by atoms with Crippen molar-refractivity contribution in [2.75, 3.05) is 0 Å². The number of hydrogen-bond donors (Lipinski definition) is 0. The van der Waals surface area contributed by atoms with Crippen molar-refractivity contribution in [1.29, 1.82) is 0 Å². The summed E-state index contributed by atoms with van der Waals surface area (Å²) in [6.07, 6.45) is 0.938. The fraction of sp³-hybridized carbons (Fsp3) is 0.643. The Balaban J connectivity index is 1.95. The molecule has 20 heavy (non-hydrogen) atoms. The van der Waals surface area contributed by atoms with Crippen LogP contribution in [0.1, 0.15) is 32.6 Å². The number of carbonyl (C=O) groups excluding carboxylic acids is 3. The molecule has 0 aromatic rings. The number of ether oxygens (including phenoxy) is 3. The minimum absolute atomic E-state index is 0.0480. The second kappa shape index (κ2) is 4.33. The Kier molecular flexibility index (Phi) is 2.84. The Morgan fingerprint density at radius 2 is 1.75 bits per heavy atom. The molecule has 2 unspecified atom stereocenters. The summed E-state index contributed by atoms with van der Waals surface area (Å²) >= 11 is 0. The van der Waals surface area contributed by atoms with Crippen molar-refractivity contribution in [1.82, 2.24) is 0 Å². The maximum absolute atomic E-state index is 11.9. The summed E-state index contributed by atoms with van der Waals surface area (Å²) in [6, 6.07) is 0. The molecule has 2 aliphatic heterocycles. The van der Waals surface area contributed by atoms with E-state index in [2.05, 4.69) is 6.58 Å². The third-order valence-corrected chi connectivity index (χ3v) is 4.17. The van der Waals surface area contributed by atoms with Crippen LogP contribution >= 0.6 is 0 Å². The molecule has 0 N–H and O–H groups in total. The van der Waals surface area contributed by atoms with E-state index >= 15 is 0 Å². The van der Waals surface area contributed by atoms with Crippen molar-refractivity contribution in [2.45, 2.75) is 50.4 Å². The third kappa shape index (κ3) is 2.09. The molecule has 2 atom stereocenters. The van der Waals surface area contributed by atoms with E-state index < -0.39 is 23.5 Å².